The molecule has 0 fully saturated rings. The summed E-state index contributed by atoms with van der Waals surface area (Å²) in [6.07, 6.45) is 1.54. The third-order valence-corrected chi connectivity index (χ3v) is 6.31. The number of carboxylic acids is 1. The van der Waals surface area contributed by atoms with E-state index in [4.69, 9.17) is 0 Å². The van der Waals surface area contributed by atoms with Gasteiger partial charge in [0.1, 0.15) is 16.2 Å². The molecule has 4 rings (SSSR count). The third-order valence-electron chi connectivity index (χ3n) is 4.04. The summed E-state index contributed by atoms with van der Waals surface area (Å²) < 4.78 is 1.60. The highest BCUT2D eigenvalue weighted by atomic mass is 32.2. The largest absolute Gasteiger partial charge is 0.477 e. The molecule has 0 amide bonds. The predicted octanol–water partition coefficient (Wildman–Crippen LogP) is 4.25. The number of hydrogen-bond acceptors (Lipinski definition) is 7. The van der Waals surface area contributed by atoms with Crippen molar-refractivity contribution in [3.8, 4) is 16.3 Å². The second kappa shape index (κ2) is 7.53. The summed E-state index contributed by atoms with van der Waals surface area (Å²) >= 11 is 2.77. The molecule has 0 atom stereocenters. The summed E-state index contributed by atoms with van der Waals surface area (Å²) in [5.41, 5.74) is 3.33. The Morgan fingerprint density at radius 3 is 2.57 bits per heavy atom. The Balaban J connectivity index is 1.77. The number of nitrogens with zero attached hydrogens (tertiary/aromatic N) is 5. The number of aromatic carboxylic acids is 1. The van der Waals surface area contributed by atoms with Gasteiger partial charge in [-0.2, -0.15) is 4.68 Å². The minimum Gasteiger partial charge on any atom is -0.477 e. The number of aromatic nitrogens is 5. The maximum absolute atomic E-state index is 11.3. The summed E-state index contributed by atoms with van der Waals surface area (Å²) in [4.78, 5) is 18.1. The number of rotatable bonds is 5. The summed E-state index contributed by atoms with van der Waals surface area (Å²) in [5, 5.41) is 21.4. The summed E-state index contributed by atoms with van der Waals surface area (Å²) in [7, 11) is 0. The van der Waals surface area contributed by atoms with E-state index in [0.29, 0.717) is 10.7 Å². The zero-order chi connectivity index (χ0) is 19.7. The van der Waals surface area contributed by atoms with Gasteiger partial charge in [0.05, 0.1) is 11.4 Å². The van der Waals surface area contributed by atoms with Gasteiger partial charge in [-0.25, -0.2) is 9.78 Å². The van der Waals surface area contributed by atoms with Crippen LogP contribution in [-0.2, 0) is 0 Å². The fraction of sp³-hybridized carbons (Fsp3) is 0.105. The van der Waals surface area contributed by atoms with Crippen LogP contribution in [0, 0.1) is 13.8 Å². The molecule has 0 aliphatic heterocycles. The van der Waals surface area contributed by atoms with Crippen LogP contribution in [0.4, 0.5) is 0 Å². The molecule has 9 heteroatoms. The first kappa shape index (κ1) is 18.3. The second-order valence-corrected chi connectivity index (χ2v) is 8.21. The van der Waals surface area contributed by atoms with Crippen LogP contribution < -0.4 is 0 Å². The first-order chi connectivity index (χ1) is 13.5. The van der Waals surface area contributed by atoms with E-state index in [0.717, 1.165) is 32.4 Å². The maximum Gasteiger partial charge on any atom is 0.347 e. The van der Waals surface area contributed by atoms with Crippen LogP contribution in [-0.4, -0.2) is 36.3 Å². The van der Waals surface area contributed by atoms with E-state index >= 15 is 0 Å². The van der Waals surface area contributed by atoms with Gasteiger partial charge in [0.25, 0.3) is 0 Å². The Bertz CT molecular complexity index is 1140. The van der Waals surface area contributed by atoms with E-state index in [9.17, 15) is 9.90 Å². The minimum atomic E-state index is -0.964. The predicted molar refractivity (Wildman–Crippen MR) is 107 cm³/mol. The molecule has 0 saturated carbocycles. The van der Waals surface area contributed by atoms with Crippen LogP contribution in [0.2, 0.25) is 0 Å². The number of tetrazole rings is 1. The Hall–Kier alpha value is -3.04. The van der Waals surface area contributed by atoms with Crippen molar-refractivity contribution in [3.05, 3.63) is 64.9 Å². The lowest BCUT2D eigenvalue weighted by Crippen LogP contribution is -1.98. The molecule has 0 saturated heterocycles. The van der Waals surface area contributed by atoms with Gasteiger partial charge in [-0.05, 0) is 48.5 Å². The van der Waals surface area contributed by atoms with E-state index in [1.54, 1.807) is 23.4 Å². The van der Waals surface area contributed by atoms with Gasteiger partial charge >= 0.3 is 5.97 Å². The average molecular weight is 409 g/mol. The van der Waals surface area contributed by atoms with Gasteiger partial charge in [0, 0.05) is 15.4 Å². The molecule has 0 spiro atoms. The molecule has 28 heavy (non-hydrogen) atoms. The van der Waals surface area contributed by atoms with Gasteiger partial charge in [-0.15, -0.1) is 16.4 Å². The van der Waals surface area contributed by atoms with Crippen molar-refractivity contribution < 1.29 is 9.90 Å². The molecule has 2 aromatic heterocycles. The van der Waals surface area contributed by atoms with E-state index in [1.807, 2.05) is 18.2 Å². The topological polar surface area (TPSA) is 93.8 Å². The molecule has 0 bridgehead atoms. The van der Waals surface area contributed by atoms with E-state index in [1.165, 1.54) is 11.9 Å². The molecule has 0 radical (unpaired) electrons. The highest BCUT2D eigenvalue weighted by Crippen LogP contribution is 2.36. The highest BCUT2D eigenvalue weighted by Gasteiger charge is 2.17. The lowest BCUT2D eigenvalue weighted by Gasteiger charge is -2.10. The Morgan fingerprint density at radius 2 is 1.93 bits per heavy atom. The lowest BCUT2D eigenvalue weighted by molar-refractivity contribution is 0.0701. The first-order valence-corrected chi connectivity index (χ1v) is 9.97. The Labute approximate surface area is 169 Å². The zero-order valence-corrected chi connectivity index (χ0v) is 16.7. The number of aryl methyl sites for hydroxylation is 2. The number of carbonyl (C=O) groups is 1. The van der Waals surface area contributed by atoms with Crippen LogP contribution in [0.25, 0.3) is 16.3 Å². The molecular weight excluding hydrogens is 394 g/mol. The molecule has 4 aromatic rings. The van der Waals surface area contributed by atoms with Gasteiger partial charge in [0.15, 0.2) is 0 Å². The van der Waals surface area contributed by atoms with Gasteiger partial charge in [0.2, 0.25) is 0 Å². The average Bonchev–Trinajstić information content (AvgIpc) is 3.34. The summed E-state index contributed by atoms with van der Waals surface area (Å²) in [6.45, 7) is 3.75. The van der Waals surface area contributed by atoms with E-state index in [2.05, 4.69) is 51.7 Å². The van der Waals surface area contributed by atoms with Crippen molar-refractivity contribution >= 4 is 29.1 Å². The van der Waals surface area contributed by atoms with Gasteiger partial charge in [-0.3, -0.25) is 0 Å². The van der Waals surface area contributed by atoms with Crippen molar-refractivity contribution in [2.45, 2.75) is 23.6 Å². The zero-order valence-electron chi connectivity index (χ0n) is 15.0. The minimum absolute atomic E-state index is 0.247. The number of benzene rings is 2. The third kappa shape index (κ3) is 3.67. The number of hydrogen-bond donors (Lipinski definition) is 1. The van der Waals surface area contributed by atoms with Crippen molar-refractivity contribution in [3.63, 3.8) is 0 Å². The fourth-order valence-electron chi connectivity index (χ4n) is 2.64. The van der Waals surface area contributed by atoms with Crippen LogP contribution in [0.15, 0.2) is 58.6 Å². The van der Waals surface area contributed by atoms with Crippen molar-refractivity contribution in [2.24, 2.45) is 0 Å². The van der Waals surface area contributed by atoms with Crippen LogP contribution in [0.3, 0.4) is 0 Å². The first-order valence-electron chi connectivity index (χ1n) is 8.34. The second-order valence-electron chi connectivity index (χ2n) is 6.09. The highest BCUT2D eigenvalue weighted by molar-refractivity contribution is 7.99. The summed E-state index contributed by atoms with van der Waals surface area (Å²) in [5.74, 6) is -0.964. The number of thiazole rings is 1. The molecule has 2 aromatic carbocycles. The lowest BCUT2D eigenvalue weighted by atomic mass is 10.2. The molecule has 1 N–H and O–H groups in total. The molecule has 2 heterocycles. The Morgan fingerprint density at radius 1 is 1.14 bits per heavy atom. The normalized spacial score (nSPS) is 10.9. The number of carboxylic acid groups (broad SMARTS) is 1. The molecule has 0 unspecified atom stereocenters. The van der Waals surface area contributed by atoms with Crippen LogP contribution >= 0.6 is 23.1 Å². The monoisotopic (exact) mass is 409 g/mol. The van der Waals surface area contributed by atoms with E-state index in [-0.39, 0.29) is 4.88 Å². The molecule has 0 aliphatic carbocycles. The van der Waals surface area contributed by atoms with E-state index < -0.39 is 5.97 Å². The SMILES string of the molecule is Cc1ccc(Sc2ccc(-c3nc(C)c(C(=O)O)s3)cc2-n2cnnn2)cc1. The molecular formula is C19H15N5O2S2. The molecule has 7 nitrogen and oxygen atoms in total. The quantitative estimate of drug-likeness (QED) is 0.526. The van der Waals surface area contributed by atoms with Crippen molar-refractivity contribution in [2.75, 3.05) is 0 Å². The fourth-order valence-corrected chi connectivity index (χ4v) is 4.46. The summed E-state index contributed by atoms with van der Waals surface area (Å²) in [6, 6.07) is 14.1. The van der Waals surface area contributed by atoms with Crippen LogP contribution in [0.5, 0.6) is 0 Å². The molecule has 0 aliphatic rings. The van der Waals surface area contributed by atoms with Crippen molar-refractivity contribution in [1.29, 1.82) is 0 Å². The van der Waals surface area contributed by atoms with Crippen LogP contribution in [0.1, 0.15) is 20.9 Å². The van der Waals surface area contributed by atoms with Gasteiger partial charge < -0.3 is 5.11 Å². The van der Waals surface area contributed by atoms with Crippen molar-refractivity contribution in [1.82, 2.24) is 25.2 Å². The Kier molecular flexibility index (Phi) is 4.93. The maximum atomic E-state index is 11.3. The smallest absolute Gasteiger partial charge is 0.347 e. The standard InChI is InChI=1S/C19H15N5O2S2/c1-11-3-6-14(7-4-11)27-16-8-5-13(9-15(16)24-10-20-22-23-24)18-21-12(2)17(28-18)19(25)26/h3-10H,1-2H3,(H,25,26). The molecule has 140 valence electrons. The van der Waals surface area contributed by atoms with Gasteiger partial charge in [-0.1, -0.05) is 35.5 Å².